The van der Waals surface area contributed by atoms with Crippen molar-refractivity contribution in [3.05, 3.63) is 40.1 Å². The lowest BCUT2D eigenvalue weighted by Crippen LogP contribution is -2.46. The summed E-state index contributed by atoms with van der Waals surface area (Å²) in [5, 5.41) is 4.43. The van der Waals surface area contributed by atoms with Crippen molar-refractivity contribution in [2.45, 2.75) is 64.0 Å². The summed E-state index contributed by atoms with van der Waals surface area (Å²) in [6, 6.07) is 3.76. The molecule has 0 bridgehead atoms. The molecule has 1 saturated carbocycles. The van der Waals surface area contributed by atoms with Crippen LogP contribution in [0.5, 0.6) is 0 Å². The van der Waals surface area contributed by atoms with E-state index in [1.807, 2.05) is 12.1 Å². The van der Waals surface area contributed by atoms with E-state index in [4.69, 9.17) is 30.8 Å². The monoisotopic (exact) mass is 549 g/mol. The maximum atomic E-state index is 11.8. The Morgan fingerprint density at radius 2 is 2.03 bits per heavy atom. The number of nitrogens with one attached hydrogen (secondary N) is 1. The number of ether oxygens (including phenoxy) is 1. The first-order valence-corrected chi connectivity index (χ1v) is 14.3. The zero-order valence-electron chi connectivity index (χ0n) is 22.0. The Kier molecular flexibility index (Phi) is 6.19. The van der Waals surface area contributed by atoms with Crippen LogP contribution in [-0.4, -0.2) is 55.0 Å². The highest BCUT2D eigenvalue weighted by Gasteiger charge is 2.46. The van der Waals surface area contributed by atoms with Gasteiger partial charge in [0, 0.05) is 37.7 Å². The molecule has 0 aromatic carbocycles. The summed E-state index contributed by atoms with van der Waals surface area (Å²) in [4.78, 5) is 31.5. The molecule has 3 aliphatic rings. The first kappa shape index (κ1) is 24.8. The summed E-state index contributed by atoms with van der Waals surface area (Å²) < 4.78 is 13.1. The fraction of sp³-hybridized carbons (Fsp3) is 0.536. The smallest absolute Gasteiger partial charge is 0.379 e. The second kappa shape index (κ2) is 9.75. The summed E-state index contributed by atoms with van der Waals surface area (Å²) in [5.41, 5.74) is 3.69. The van der Waals surface area contributed by atoms with E-state index in [0.717, 1.165) is 74.0 Å². The molecule has 3 fully saturated rings. The molecule has 1 unspecified atom stereocenters. The van der Waals surface area contributed by atoms with Gasteiger partial charge in [-0.1, -0.05) is 36.5 Å². The summed E-state index contributed by atoms with van der Waals surface area (Å²) in [7, 11) is 0. The zero-order valence-corrected chi connectivity index (χ0v) is 22.8. The second-order valence-corrected chi connectivity index (χ2v) is 11.9. The molecular weight excluding hydrogens is 518 g/mol. The van der Waals surface area contributed by atoms with E-state index in [9.17, 15) is 4.79 Å². The highest BCUT2D eigenvalue weighted by atomic mass is 35.5. The predicted molar refractivity (Wildman–Crippen MR) is 148 cm³/mol. The number of anilines is 1. The minimum Gasteiger partial charge on any atom is -0.379 e. The standard InChI is InChI=1S/C28H32ClN7O3/c1-17-3-5-18(6-4-17)15-35-24-21(32-26(35)36-9-2-7-28(36)8-10-38-16-28)12-22(25-33-27(37)39-34-25)31-23(24)19-11-20(29)14-30-13-19/h11-14,17-18H,2-10,15-16H2,1H3,(H,33,34,37)/t17-,18-,28?. The number of rotatable bonds is 5. The van der Waals surface area contributed by atoms with Crippen molar-refractivity contribution in [1.29, 1.82) is 0 Å². The Morgan fingerprint density at radius 3 is 2.77 bits per heavy atom. The zero-order chi connectivity index (χ0) is 26.6. The Hall–Kier alpha value is -3.24. The van der Waals surface area contributed by atoms with Gasteiger partial charge in [0.25, 0.3) is 0 Å². The second-order valence-electron chi connectivity index (χ2n) is 11.5. The van der Waals surface area contributed by atoms with E-state index < -0.39 is 5.76 Å². The number of aromatic amines is 1. The van der Waals surface area contributed by atoms with Gasteiger partial charge in [0.1, 0.15) is 5.69 Å². The topological polar surface area (TPSA) is 115 Å². The van der Waals surface area contributed by atoms with Crippen molar-refractivity contribution in [3.63, 3.8) is 0 Å². The van der Waals surface area contributed by atoms with E-state index in [1.165, 1.54) is 25.7 Å². The maximum Gasteiger partial charge on any atom is 0.439 e. The number of imidazole rings is 1. The van der Waals surface area contributed by atoms with Crippen LogP contribution < -0.4 is 10.7 Å². The lowest BCUT2D eigenvalue weighted by atomic mass is 9.83. The van der Waals surface area contributed by atoms with Crippen molar-refractivity contribution in [2.24, 2.45) is 11.8 Å². The number of H-pyrrole nitrogens is 1. The molecule has 204 valence electrons. The average molecular weight is 550 g/mol. The number of halogens is 1. The van der Waals surface area contributed by atoms with Gasteiger partial charge in [0.05, 0.1) is 33.9 Å². The molecule has 1 spiro atoms. The number of hydrogen-bond donors (Lipinski definition) is 1. The third kappa shape index (κ3) is 4.43. The molecule has 7 rings (SSSR count). The van der Waals surface area contributed by atoms with Crippen molar-refractivity contribution in [3.8, 4) is 22.8 Å². The summed E-state index contributed by atoms with van der Waals surface area (Å²) >= 11 is 6.40. The molecule has 39 heavy (non-hydrogen) atoms. The average Bonchev–Trinajstić information content (AvgIpc) is 3.73. The van der Waals surface area contributed by atoms with Crippen molar-refractivity contribution in [2.75, 3.05) is 24.7 Å². The molecule has 2 aliphatic heterocycles. The number of nitrogens with zero attached hydrogens (tertiary/aromatic N) is 6. The quantitative estimate of drug-likeness (QED) is 0.366. The van der Waals surface area contributed by atoms with Gasteiger partial charge in [-0.15, -0.1) is 0 Å². The Bertz CT molecular complexity index is 1560. The minimum atomic E-state index is -0.629. The van der Waals surface area contributed by atoms with Crippen molar-refractivity contribution < 1.29 is 9.26 Å². The predicted octanol–water partition coefficient (Wildman–Crippen LogP) is 5.08. The molecule has 0 radical (unpaired) electrons. The fourth-order valence-electron chi connectivity index (χ4n) is 6.75. The minimum absolute atomic E-state index is 0.0222. The Morgan fingerprint density at radius 1 is 1.15 bits per heavy atom. The normalized spacial score (nSPS) is 25.3. The van der Waals surface area contributed by atoms with Gasteiger partial charge in [0.2, 0.25) is 11.8 Å². The summed E-state index contributed by atoms with van der Waals surface area (Å²) in [6.45, 7) is 5.67. The summed E-state index contributed by atoms with van der Waals surface area (Å²) in [6.07, 6.45) is 11.5. The Balaban J connectivity index is 1.46. The molecular formula is C28H32ClN7O3. The van der Waals surface area contributed by atoms with Gasteiger partial charge in [-0.2, -0.15) is 0 Å². The molecule has 11 heteroatoms. The summed E-state index contributed by atoms with van der Waals surface area (Å²) in [5.74, 6) is 1.94. The fourth-order valence-corrected chi connectivity index (χ4v) is 6.93. The van der Waals surface area contributed by atoms with E-state index >= 15 is 0 Å². The van der Waals surface area contributed by atoms with Crippen LogP contribution in [-0.2, 0) is 11.3 Å². The van der Waals surface area contributed by atoms with Gasteiger partial charge in [-0.25, -0.2) is 14.8 Å². The molecule has 0 amide bonds. The van der Waals surface area contributed by atoms with Gasteiger partial charge < -0.3 is 14.2 Å². The first-order valence-electron chi connectivity index (χ1n) is 13.9. The SMILES string of the molecule is C[C@H]1CC[C@H](Cn2c(N3CCCC34CCOC4)nc3cc(-c4noc(=O)[nH]4)nc(-c4cncc(Cl)c4)c32)CC1. The van der Waals surface area contributed by atoms with Crippen LogP contribution in [0.2, 0.25) is 5.02 Å². The molecule has 4 aromatic rings. The molecule has 4 aromatic heterocycles. The highest BCUT2D eigenvalue weighted by Crippen LogP contribution is 2.43. The van der Waals surface area contributed by atoms with Gasteiger partial charge in [-0.3, -0.25) is 14.5 Å². The van der Waals surface area contributed by atoms with Crippen LogP contribution in [0.1, 0.15) is 51.9 Å². The van der Waals surface area contributed by atoms with Crippen LogP contribution in [0.25, 0.3) is 33.8 Å². The number of hydrogen-bond acceptors (Lipinski definition) is 8. The lowest BCUT2D eigenvalue weighted by molar-refractivity contribution is 0.178. The van der Waals surface area contributed by atoms with E-state index in [-0.39, 0.29) is 11.4 Å². The lowest BCUT2D eigenvalue weighted by Gasteiger charge is -2.36. The molecule has 1 aliphatic carbocycles. The number of pyridine rings is 2. The van der Waals surface area contributed by atoms with Crippen molar-refractivity contribution in [1.82, 2.24) is 29.7 Å². The van der Waals surface area contributed by atoms with E-state index in [1.54, 1.807) is 12.4 Å². The number of fused-ring (bicyclic) bond motifs is 1. The number of aromatic nitrogens is 6. The largest absolute Gasteiger partial charge is 0.439 e. The van der Waals surface area contributed by atoms with Crippen LogP contribution >= 0.6 is 11.6 Å². The highest BCUT2D eigenvalue weighted by molar-refractivity contribution is 6.30. The Labute approximate surface area is 230 Å². The maximum absolute atomic E-state index is 11.8. The molecule has 6 heterocycles. The van der Waals surface area contributed by atoms with Gasteiger partial charge in [-0.05, 0) is 56.1 Å². The van der Waals surface area contributed by atoms with Crippen LogP contribution in [0.15, 0.2) is 33.8 Å². The van der Waals surface area contributed by atoms with Crippen LogP contribution in [0.3, 0.4) is 0 Å². The van der Waals surface area contributed by atoms with Gasteiger partial charge >= 0.3 is 5.76 Å². The molecule has 2 saturated heterocycles. The molecule has 1 N–H and O–H groups in total. The van der Waals surface area contributed by atoms with Crippen molar-refractivity contribution >= 4 is 28.6 Å². The van der Waals surface area contributed by atoms with E-state index in [0.29, 0.717) is 22.3 Å². The first-order chi connectivity index (χ1) is 19.0. The molecule has 10 nitrogen and oxygen atoms in total. The van der Waals surface area contributed by atoms with Crippen LogP contribution in [0.4, 0.5) is 5.95 Å². The third-order valence-corrected chi connectivity index (χ3v) is 9.07. The molecule has 1 atom stereocenters. The third-order valence-electron chi connectivity index (χ3n) is 8.86. The van der Waals surface area contributed by atoms with Gasteiger partial charge in [0.15, 0.2) is 0 Å². The van der Waals surface area contributed by atoms with Crippen LogP contribution in [0, 0.1) is 11.8 Å². The van der Waals surface area contributed by atoms with E-state index in [2.05, 4.69) is 31.5 Å².